The Morgan fingerprint density at radius 3 is 2.62 bits per heavy atom. The van der Waals surface area contributed by atoms with Gasteiger partial charge in [-0.25, -0.2) is 4.98 Å². The predicted octanol–water partition coefficient (Wildman–Crippen LogP) is 4.21. The van der Waals surface area contributed by atoms with Gasteiger partial charge in [-0.05, 0) is 42.8 Å². The van der Waals surface area contributed by atoms with Crippen LogP contribution < -0.4 is 21.3 Å². The van der Waals surface area contributed by atoms with E-state index in [-0.39, 0.29) is 34.3 Å². The standard InChI is InChI=1S/C27H28ClN7O4/c1-4-23(36)31-16-9-10-21(30-17-11-12-39-15-17)22(13-16)33-27-29-14-19(28)25(34-27)32-20-8-6-5-7-18(20)24(37)26(38)35(2)3/h4-10,13-14,17,30H,1,11-12,15H2,2-3H3,(H,31,36)(H2,29,32,33,34). The molecule has 0 bridgehead atoms. The van der Waals surface area contributed by atoms with E-state index in [1.165, 1.54) is 31.3 Å². The fourth-order valence-corrected chi connectivity index (χ4v) is 3.92. The lowest BCUT2D eigenvalue weighted by Gasteiger charge is -2.18. The first-order valence-electron chi connectivity index (χ1n) is 12.1. The first kappa shape index (κ1) is 27.6. The minimum Gasteiger partial charge on any atom is -0.379 e. The zero-order chi connectivity index (χ0) is 27.9. The molecule has 1 fully saturated rings. The van der Waals surface area contributed by atoms with Crippen molar-refractivity contribution in [3.05, 3.63) is 71.9 Å². The number of rotatable bonds is 10. The number of aromatic nitrogens is 2. The van der Waals surface area contributed by atoms with Crippen LogP contribution in [0.25, 0.3) is 0 Å². The predicted molar refractivity (Wildman–Crippen MR) is 151 cm³/mol. The van der Waals surface area contributed by atoms with Gasteiger partial charge in [0.15, 0.2) is 5.82 Å². The first-order valence-corrected chi connectivity index (χ1v) is 12.5. The average molecular weight is 550 g/mol. The van der Waals surface area contributed by atoms with Crippen molar-refractivity contribution in [1.29, 1.82) is 0 Å². The van der Waals surface area contributed by atoms with Crippen molar-refractivity contribution in [3.63, 3.8) is 0 Å². The number of carbonyl (C=O) groups is 3. The lowest BCUT2D eigenvalue weighted by molar-refractivity contribution is -0.124. The molecule has 1 aliphatic heterocycles. The van der Waals surface area contributed by atoms with E-state index in [4.69, 9.17) is 16.3 Å². The molecule has 3 aromatic rings. The fraction of sp³-hybridized carbons (Fsp3) is 0.222. The third-order valence-electron chi connectivity index (χ3n) is 5.78. The van der Waals surface area contributed by atoms with Crippen molar-refractivity contribution in [1.82, 2.24) is 14.9 Å². The number of nitrogens with zero attached hydrogens (tertiary/aromatic N) is 3. The topological polar surface area (TPSA) is 138 Å². The highest BCUT2D eigenvalue weighted by atomic mass is 35.5. The summed E-state index contributed by atoms with van der Waals surface area (Å²) in [6.45, 7) is 4.74. The second kappa shape index (κ2) is 12.4. The van der Waals surface area contributed by atoms with Crippen LogP contribution in [-0.4, -0.2) is 65.8 Å². The molecule has 2 amide bonds. The molecule has 1 saturated heterocycles. The molecule has 2 aromatic carbocycles. The molecule has 0 saturated carbocycles. The van der Waals surface area contributed by atoms with Crippen LogP contribution in [0.1, 0.15) is 16.8 Å². The van der Waals surface area contributed by atoms with E-state index >= 15 is 0 Å². The summed E-state index contributed by atoms with van der Waals surface area (Å²) in [6, 6.07) is 12.1. The van der Waals surface area contributed by atoms with Gasteiger partial charge in [0.25, 0.3) is 11.7 Å². The Bertz CT molecular complexity index is 1410. The molecule has 1 aliphatic rings. The third-order valence-corrected chi connectivity index (χ3v) is 6.05. The maximum absolute atomic E-state index is 12.7. The smallest absolute Gasteiger partial charge is 0.294 e. The van der Waals surface area contributed by atoms with E-state index in [2.05, 4.69) is 37.8 Å². The van der Waals surface area contributed by atoms with Gasteiger partial charge in [-0.1, -0.05) is 30.3 Å². The number of ketones is 1. The highest BCUT2D eigenvalue weighted by molar-refractivity contribution is 6.43. The number of amides is 2. The number of carbonyl (C=O) groups excluding carboxylic acids is 3. The van der Waals surface area contributed by atoms with Crippen molar-refractivity contribution >= 4 is 63.7 Å². The molecule has 12 heteroatoms. The number of anilines is 6. The number of likely N-dealkylation sites (N-methyl/N-ethyl adjacent to an activating group) is 1. The number of benzene rings is 2. The number of nitrogens with one attached hydrogen (secondary N) is 4. The van der Waals surface area contributed by atoms with E-state index in [0.717, 1.165) is 12.1 Å². The molecule has 4 rings (SSSR count). The average Bonchev–Trinajstić information content (AvgIpc) is 3.44. The van der Waals surface area contributed by atoms with Crippen molar-refractivity contribution < 1.29 is 19.1 Å². The second-order valence-electron chi connectivity index (χ2n) is 8.87. The van der Waals surface area contributed by atoms with Crippen LogP contribution >= 0.6 is 11.6 Å². The molecule has 202 valence electrons. The molecular weight excluding hydrogens is 522 g/mol. The Labute approximate surface area is 230 Å². The first-order chi connectivity index (χ1) is 18.7. The number of Topliss-reactive ketones (excluding diaryl/α,β-unsaturated/α-hetero) is 1. The Hall–Kier alpha value is -4.48. The summed E-state index contributed by atoms with van der Waals surface area (Å²) < 4.78 is 5.47. The monoisotopic (exact) mass is 549 g/mol. The molecular formula is C27H28ClN7O4. The van der Waals surface area contributed by atoms with E-state index in [0.29, 0.717) is 30.3 Å². The van der Waals surface area contributed by atoms with E-state index in [1.807, 2.05) is 6.07 Å². The highest BCUT2D eigenvalue weighted by Gasteiger charge is 2.22. The van der Waals surface area contributed by atoms with Gasteiger partial charge >= 0.3 is 0 Å². The molecule has 2 heterocycles. The zero-order valence-corrected chi connectivity index (χ0v) is 22.2. The minimum absolute atomic E-state index is 0.126. The summed E-state index contributed by atoms with van der Waals surface area (Å²) in [4.78, 5) is 46.9. The molecule has 0 spiro atoms. The Morgan fingerprint density at radius 2 is 1.90 bits per heavy atom. The summed E-state index contributed by atoms with van der Waals surface area (Å²) in [5, 5.41) is 12.6. The molecule has 0 radical (unpaired) electrons. The zero-order valence-electron chi connectivity index (χ0n) is 21.5. The molecule has 1 unspecified atom stereocenters. The van der Waals surface area contributed by atoms with Crippen LogP contribution in [0, 0.1) is 0 Å². The highest BCUT2D eigenvalue weighted by Crippen LogP contribution is 2.32. The van der Waals surface area contributed by atoms with Crippen LogP contribution in [0.3, 0.4) is 0 Å². The van der Waals surface area contributed by atoms with Gasteiger partial charge in [-0.15, -0.1) is 0 Å². The van der Waals surface area contributed by atoms with Crippen molar-refractivity contribution in [2.45, 2.75) is 12.5 Å². The lowest BCUT2D eigenvalue weighted by Crippen LogP contribution is -2.30. The summed E-state index contributed by atoms with van der Waals surface area (Å²) in [5.41, 5.74) is 2.44. The molecule has 1 atom stereocenters. The number of para-hydroxylation sites is 1. The van der Waals surface area contributed by atoms with Crippen LogP contribution in [-0.2, 0) is 14.3 Å². The van der Waals surface area contributed by atoms with Gasteiger partial charge in [0.1, 0.15) is 5.02 Å². The van der Waals surface area contributed by atoms with Crippen molar-refractivity contribution in [3.8, 4) is 0 Å². The maximum Gasteiger partial charge on any atom is 0.294 e. The number of halogens is 1. The second-order valence-corrected chi connectivity index (χ2v) is 9.28. The van der Waals surface area contributed by atoms with Crippen molar-refractivity contribution in [2.75, 3.05) is 48.6 Å². The molecule has 4 N–H and O–H groups in total. The normalized spacial score (nSPS) is 14.3. The molecule has 39 heavy (non-hydrogen) atoms. The van der Waals surface area contributed by atoms with Gasteiger partial charge in [0.05, 0.1) is 41.5 Å². The summed E-state index contributed by atoms with van der Waals surface area (Å²) in [7, 11) is 3.02. The van der Waals surface area contributed by atoms with Crippen molar-refractivity contribution in [2.24, 2.45) is 0 Å². The van der Waals surface area contributed by atoms with Gasteiger partial charge in [-0.3, -0.25) is 14.4 Å². The lowest BCUT2D eigenvalue weighted by atomic mass is 10.1. The van der Waals surface area contributed by atoms with E-state index in [9.17, 15) is 14.4 Å². The quantitative estimate of drug-likeness (QED) is 0.166. The van der Waals surface area contributed by atoms with E-state index in [1.54, 1.807) is 36.4 Å². The van der Waals surface area contributed by atoms with Crippen LogP contribution in [0.4, 0.5) is 34.5 Å². The molecule has 1 aromatic heterocycles. The van der Waals surface area contributed by atoms with Gasteiger partial charge in [0, 0.05) is 26.4 Å². The van der Waals surface area contributed by atoms with Crippen LogP contribution in [0.2, 0.25) is 5.02 Å². The van der Waals surface area contributed by atoms with Gasteiger partial charge in [-0.2, -0.15) is 4.98 Å². The SMILES string of the molecule is C=CC(=O)Nc1ccc(NC2CCOC2)c(Nc2ncc(Cl)c(Nc3ccccc3C(=O)C(=O)N(C)C)n2)c1. The van der Waals surface area contributed by atoms with Crippen LogP contribution in [0.15, 0.2) is 61.3 Å². The largest absolute Gasteiger partial charge is 0.379 e. The van der Waals surface area contributed by atoms with E-state index < -0.39 is 11.7 Å². The summed E-state index contributed by atoms with van der Waals surface area (Å²) in [6.07, 6.45) is 3.45. The number of ether oxygens (including phenoxy) is 1. The number of hydrogen-bond donors (Lipinski definition) is 4. The summed E-state index contributed by atoms with van der Waals surface area (Å²) >= 11 is 6.38. The minimum atomic E-state index is -0.670. The summed E-state index contributed by atoms with van der Waals surface area (Å²) in [5.74, 6) is -1.25. The Kier molecular flexibility index (Phi) is 8.74. The molecule has 0 aliphatic carbocycles. The Balaban J connectivity index is 1.63. The molecule has 11 nitrogen and oxygen atoms in total. The Morgan fingerprint density at radius 1 is 1.10 bits per heavy atom. The van der Waals surface area contributed by atoms with Crippen LogP contribution in [0.5, 0.6) is 0 Å². The number of hydrogen-bond acceptors (Lipinski definition) is 9. The third kappa shape index (κ3) is 6.89. The van der Waals surface area contributed by atoms with Gasteiger partial charge in [0.2, 0.25) is 11.9 Å². The fourth-order valence-electron chi connectivity index (χ4n) is 3.78. The van der Waals surface area contributed by atoms with Gasteiger partial charge < -0.3 is 30.9 Å². The maximum atomic E-state index is 12.7.